The molecule has 1 aliphatic heterocycles. The van der Waals surface area contributed by atoms with E-state index in [0.29, 0.717) is 17.8 Å². The Balaban J connectivity index is 1.52. The second-order valence-electron chi connectivity index (χ2n) is 6.38. The van der Waals surface area contributed by atoms with E-state index in [-0.39, 0.29) is 23.7 Å². The lowest BCUT2D eigenvalue weighted by molar-refractivity contribution is -0.118. The molecule has 3 N–H and O–H groups in total. The minimum atomic E-state index is -0.305. The van der Waals surface area contributed by atoms with Gasteiger partial charge in [0.1, 0.15) is 5.82 Å². The smallest absolute Gasteiger partial charge is 0.251 e. The Morgan fingerprint density at radius 2 is 1.77 bits per heavy atom. The highest BCUT2D eigenvalue weighted by atomic mass is 19.1. The number of rotatable bonds is 5. The highest BCUT2D eigenvalue weighted by molar-refractivity contribution is 5.97. The lowest BCUT2D eigenvalue weighted by Gasteiger charge is -2.22. The van der Waals surface area contributed by atoms with Gasteiger partial charge in [0, 0.05) is 17.8 Å². The third-order valence-electron chi connectivity index (χ3n) is 4.41. The molecule has 1 unspecified atom stereocenters. The number of nitrogens with one attached hydrogen (secondary N) is 3. The maximum atomic E-state index is 12.9. The number of hydrogen-bond donors (Lipinski definition) is 3. The van der Waals surface area contributed by atoms with Crippen LogP contribution < -0.4 is 16.0 Å². The molecule has 3 rings (SSSR count). The molecule has 5 nitrogen and oxygen atoms in total. The molecule has 1 aliphatic rings. The number of anilines is 1. The molecule has 1 atom stereocenters. The van der Waals surface area contributed by atoms with E-state index in [0.717, 1.165) is 31.4 Å². The highest BCUT2D eigenvalue weighted by Crippen LogP contribution is 2.13. The number of halogens is 1. The van der Waals surface area contributed by atoms with Gasteiger partial charge in [0.15, 0.2) is 0 Å². The second-order valence-corrected chi connectivity index (χ2v) is 6.38. The van der Waals surface area contributed by atoms with Crippen molar-refractivity contribution in [1.29, 1.82) is 0 Å². The molecule has 0 aliphatic carbocycles. The van der Waals surface area contributed by atoms with Gasteiger partial charge < -0.3 is 16.0 Å². The van der Waals surface area contributed by atoms with Gasteiger partial charge in [-0.05, 0) is 61.3 Å². The van der Waals surface area contributed by atoms with Gasteiger partial charge in [0.05, 0.1) is 6.04 Å². The fraction of sp³-hybridized carbons (Fsp3) is 0.300. The van der Waals surface area contributed by atoms with E-state index in [1.165, 1.54) is 12.1 Å². The molecule has 2 aromatic rings. The lowest BCUT2D eigenvalue weighted by atomic mass is 10.0. The first kappa shape index (κ1) is 18.1. The zero-order valence-corrected chi connectivity index (χ0v) is 14.4. The van der Waals surface area contributed by atoms with E-state index in [1.54, 1.807) is 36.4 Å². The zero-order valence-electron chi connectivity index (χ0n) is 14.4. The molecule has 26 heavy (non-hydrogen) atoms. The first-order valence-corrected chi connectivity index (χ1v) is 8.79. The van der Waals surface area contributed by atoms with Crippen LogP contribution in [0.2, 0.25) is 0 Å². The summed E-state index contributed by atoms with van der Waals surface area (Å²) in [7, 11) is 0. The SMILES string of the molecule is O=C(NCc1ccc(F)cc1)c1ccc(NC(=O)C2CCCCN2)cc1. The third kappa shape index (κ3) is 4.89. The molecule has 2 aromatic carbocycles. The number of hydrogen-bond acceptors (Lipinski definition) is 3. The average Bonchev–Trinajstić information content (AvgIpc) is 2.68. The van der Waals surface area contributed by atoms with Crippen molar-refractivity contribution in [3.63, 3.8) is 0 Å². The first-order valence-electron chi connectivity index (χ1n) is 8.79. The largest absolute Gasteiger partial charge is 0.348 e. The van der Waals surface area contributed by atoms with Crippen LogP contribution in [0.1, 0.15) is 35.2 Å². The summed E-state index contributed by atoms with van der Waals surface area (Å²) in [4.78, 5) is 24.4. The molecule has 1 fully saturated rings. The summed E-state index contributed by atoms with van der Waals surface area (Å²) < 4.78 is 12.9. The minimum Gasteiger partial charge on any atom is -0.348 e. The molecule has 136 valence electrons. The van der Waals surface area contributed by atoms with Gasteiger partial charge in [-0.1, -0.05) is 18.6 Å². The standard InChI is InChI=1S/C20H22FN3O2/c21-16-8-4-14(5-9-16)13-23-19(25)15-6-10-17(11-7-15)24-20(26)18-3-1-2-12-22-18/h4-11,18,22H,1-3,12-13H2,(H,23,25)(H,24,26). The molecule has 0 bridgehead atoms. The molecule has 1 saturated heterocycles. The van der Waals surface area contributed by atoms with E-state index in [9.17, 15) is 14.0 Å². The summed E-state index contributed by atoms with van der Waals surface area (Å²) in [5.41, 5.74) is 1.99. The first-order chi connectivity index (χ1) is 12.6. The van der Waals surface area contributed by atoms with Gasteiger partial charge >= 0.3 is 0 Å². The van der Waals surface area contributed by atoms with Crippen LogP contribution in [0.15, 0.2) is 48.5 Å². The number of carbonyl (C=O) groups excluding carboxylic acids is 2. The summed E-state index contributed by atoms with van der Waals surface area (Å²) in [5.74, 6) is -0.569. The van der Waals surface area contributed by atoms with Crippen LogP contribution >= 0.6 is 0 Å². The molecule has 0 radical (unpaired) electrons. The Hall–Kier alpha value is -2.73. The predicted molar refractivity (Wildman–Crippen MR) is 98.3 cm³/mol. The van der Waals surface area contributed by atoms with Gasteiger partial charge in [-0.15, -0.1) is 0 Å². The second kappa shape index (κ2) is 8.58. The van der Waals surface area contributed by atoms with Gasteiger partial charge in [0.2, 0.25) is 5.91 Å². The quantitative estimate of drug-likeness (QED) is 0.772. The molecule has 0 spiro atoms. The van der Waals surface area contributed by atoms with E-state index < -0.39 is 0 Å². The number of benzene rings is 2. The average molecular weight is 355 g/mol. The lowest BCUT2D eigenvalue weighted by Crippen LogP contribution is -2.43. The van der Waals surface area contributed by atoms with Crippen molar-refractivity contribution in [3.8, 4) is 0 Å². The predicted octanol–water partition coefficient (Wildman–Crippen LogP) is 2.84. The Kier molecular flexibility index (Phi) is 5.96. The number of piperidine rings is 1. The van der Waals surface area contributed by atoms with Crippen molar-refractivity contribution < 1.29 is 14.0 Å². The monoisotopic (exact) mass is 355 g/mol. The van der Waals surface area contributed by atoms with Crippen LogP contribution in [0.25, 0.3) is 0 Å². The third-order valence-corrected chi connectivity index (χ3v) is 4.41. The van der Waals surface area contributed by atoms with Gasteiger partial charge in [0.25, 0.3) is 5.91 Å². The normalized spacial score (nSPS) is 16.7. The van der Waals surface area contributed by atoms with E-state index >= 15 is 0 Å². The van der Waals surface area contributed by atoms with E-state index in [2.05, 4.69) is 16.0 Å². The fourth-order valence-corrected chi connectivity index (χ4v) is 2.90. The minimum absolute atomic E-state index is 0.0433. The summed E-state index contributed by atoms with van der Waals surface area (Å²) in [5, 5.41) is 8.87. The molecule has 1 heterocycles. The molecule has 0 saturated carbocycles. The maximum Gasteiger partial charge on any atom is 0.251 e. The van der Waals surface area contributed by atoms with Crippen molar-refractivity contribution in [2.24, 2.45) is 0 Å². The molecular formula is C20H22FN3O2. The van der Waals surface area contributed by atoms with Crippen molar-refractivity contribution >= 4 is 17.5 Å². The Morgan fingerprint density at radius 1 is 1.04 bits per heavy atom. The van der Waals surface area contributed by atoms with Crippen LogP contribution in [0, 0.1) is 5.82 Å². The summed E-state index contributed by atoms with van der Waals surface area (Å²) in [6.07, 6.45) is 3.00. The topological polar surface area (TPSA) is 70.2 Å². The Morgan fingerprint density at radius 3 is 2.42 bits per heavy atom. The molecule has 6 heteroatoms. The van der Waals surface area contributed by atoms with Gasteiger partial charge in [-0.25, -0.2) is 4.39 Å². The van der Waals surface area contributed by atoms with Gasteiger partial charge in [-0.2, -0.15) is 0 Å². The molecule has 2 amide bonds. The van der Waals surface area contributed by atoms with Crippen LogP contribution in [-0.2, 0) is 11.3 Å². The van der Waals surface area contributed by atoms with Crippen LogP contribution in [-0.4, -0.2) is 24.4 Å². The van der Waals surface area contributed by atoms with Gasteiger partial charge in [-0.3, -0.25) is 9.59 Å². The number of amides is 2. The van der Waals surface area contributed by atoms with Crippen LogP contribution in [0.5, 0.6) is 0 Å². The fourth-order valence-electron chi connectivity index (χ4n) is 2.90. The Labute approximate surface area is 152 Å². The van der Waals surface area contributed by atoms with Crippen LogP contribution in [0.4, 0.5) is 10.1 Å². The van der Waals surface area contributed by atoms with Crippen molar-refractivity contribution in [3.05, 3.63) is 65.5 Å². The molecule has 0 aromatic heterocycles. The van der Waals surface area contributed by atoms with Crippen molar-refractivity contribution in [2.75, 3.05) is 11.9 Å². The maximum absolute atomic E-state index is 12.9. The van der Waals surface area contributed by atoms with Crippen molar-refractivity contribution in [1.82, 2.24) is 10.6 Å². The van der Waals surface area contributed by atoms with E-state index in [1.807, 2.05) is 0 Å². The summed E-state index contributed by atoms with van der Waals surface area (Å²) in [6, 6.07) is 12.6. The molecular weight excluding hydrogens is 333 g/mol. The zero-order chi connectivity index (χ0) is 18.4. The number of carbonyl (C=O) groups is 2. The van der Waals surface area contributed by atoms with Crippen molar-refractivity contribution in [2.45, 2.75) is 31.8 Å². The van der Waals surface area contributed by atoms with Crippen LogP contribution in [0.3, 0.4) is 0 Å². The van der Waals surface area contributed by atoms with E-state index in [4.69, 9.17) is 0 Å². The highest BCUT2D eigenvalue weighted by Gasteiger charge is 2.20. The summed E-state index contributed by atoms with van der Waals surface area (Å²) >= 11 is 0. The summed E-state index contributed by atoms with van der Waals surface area (Å²) in [6.45, 7) is 1.19. The Bertz CT molecular complexity index is 754.